The zero-order chi connectivity index (χ0) is 12.8. The van der Waals surface area contributed by atoms with Crippen LogP contribution in [0.3, 0.4) is 0 Å². The van der Waals surface area contributed by atoms with E-state index < -0.39 is 0 Å². The lowest BCUT2D eigenvalue weighted by atomic mass is 10.1. The average molecular weight is 269 g/mol. The van der Waals surface area contributed by atoms with Gasteiger partial charge in [0.15, 0.2) is 0 Å². The molecule has 1 atom stereocenters. The number of aromatic nitrogens is 1. The summed E-state index contributed by atoms with van der Waals surface area (Å²) in [7, 11) is 0. The summed E-state index contributed by atoms with van der Waals surface area (Å²) >= 11 is 1.64. The van der Waals surface area contributed by atoms with E-state index in [4.69, 9.17) is 4.74 Å². The number of carbonyl (C=O) groups excluding carboxylic acids is 1. The zero-order valence-corrected chi connectivity index (χ0v) is 11.4. The molecule has 0 aromatic carbocycles. The van der Waals surface area contributed by atoms with Gasteiger partial charge in [-0.25, -0.2) is 9.78 Å². The van der Waals surface area contributed by atoms with Crippen LogP contribution in [0.4, 0.5) is 4.79 Å². The van der Waals surface area contributed by atoms with Crippen molar-refractivity contribution in [3.63, 3.8) is 0 Å². The van der Waals surface area contributed by atoms with Crippen LogP contribution in [0.15, 0.2) is 5.38 Å². The van der Waals surface area contributed by atoms with E-state index in [-0.39, 0.29) is 6.03 Å². The fraction of sp³-hybridized carbons (Fsp3) is 0.667. The van der Waals surface area contributed by atoms with Crippen LogP contribution in [0.1, 0.15) is 17.1 Å². The lowest BCUT2D eigenvalue weighted by Gasteiger charge is -2.10. The first-order valence-electron chi connectivity index (χ1n) is 6.24. The third kappa shape index (κ3) is 4.27. The Kier molecular flexibility index (Phi) is 4.95. The van der Waals surface area contributed by atoms with E-state index in [9.17, 15) is 4.79 Å². The highest BCUT2D eigenvalue weighted by Crippen LogP contribution is 2.10. The van der Waals surface area contributed by atoms with Crippen LogP contribution in [0.2, 0.25) is 0 Å². The third-order valence-corrected chi connectivity index (χ3v) is 3.73. The van der Waals surface area contributed by atoms with Crippen LogP contribution in [-0.2, 0) is 11.2 Å². The number of hydrogen-bond donors (Lipinski definition) is 2. The second-order valence-electron chi connectivity index (χ2n) is 4.47. The van der Waals surface area contributed by atoms with E-state index in [1.165, 1.54) is 0 Å². The molecule has 0 saturated carbocycles. The Morgan fingerprint density at radius 1 is 1.61 bits per heavy atom. The zero-order valence-electron chi connectivity index (χ0n) is 10.6. The Balaban J connectivity index is 1.57. The van der Waals surface area contributed by atoms with Crippen LogP contribution in [-0.4, -0.2) is 37.3 Å². The molecule has 1 aromatic heterocycles. The summed E-state index contributed by atoms with van der Waals surface area (Å²) < 4.78 is 5.25. The largest absolute Gasteiger partial charge is 0.381 e. The van der Waals surface area contributed by atoms with Crippen molar-refractivity contribution in [2.75, 3.05) is 26.3 Å². The monoisotopic (exact) mass is 269 g/mol. The Morgan fingerprint density at radius 3 is 3.17 bits per heavy atom. The molecule has 2 heterocycles. The van der Waals surface area contributed by atoms with Gasteiger partial charge in [-0.3, -0.25) is 0 Å². The second-order valence-corrected chi connectivity index (χ2v) is 5.54. The molecular weight excluding hydrogens is 250 g/mol. The molecule has 1 saturated heterocycles. The topological polar surface area (TPSA) is 63.2 Å². The van der Waals surface area contributed by atoms with Gasteiger partial charge in [0.1, 0.15) is 0 Å². The van der Waals surface area contributed by atoms with E-state index in [2.05, 4.69) is 15.6 Å². The predicted octanol–water partition coefficient (Wildman–Crippen LogP) is 1.33. The summed E-state index contributed by atoms with van der Waals surface area (Å²) in [6.45, 7) is 4.88. The highest BCUT2D eigenvalue weighted by atomic mass is 32.1. The highest BCUT2D eigenvalue weighted by molar-refractivity contribution is 7.09. The first-order valence-corrected chi connectivity index (χ1v) is 7.12. The lowest BCUT2D eigenvalue weighted by molar-refractivity contribution is 0.185. The van der Waals surface area contributed by atoms with Gasteiger partial charge in [-0.2, -0.15) is 0 Å². The van der Waals surface area contributed by atoms with Gasteiger partial charge in [0, 0.05) is 37.4 Å². The number of amides is 2. The van der Waals surface area contributed by atoms with Crippen molar-refractivity contribution in [1.82, 2.24) is 15.6 Å². The normalized spacial score (nSPS) is 18.8. The molecule has 1 fully saturated rings. The molecule has 2 N–H and O–H groups in total. The van der Waals surface area contributed by atoms with E-state index >= 15 is 0 Å². The number of nitrogens with one attached hydrogen (secondary N) is 2. The molecule has 1 aromatic rings. The van der Waals surface area contributed by atoms with Crippen molar-refractivity contribution in [3.05, 3.63) is 16.1 Å². The Morgan fingerprint density at radius 2 is 2.50 bits per heavy atom. The van der Waals surface area contributed by atoms with Gasteiger partial charge in [0.05, 0.1) is 17.3 Å². The molecule has 0 bridgehead atoms. The molecule has 0 unspecified atom stereocenters. The van der Waals surface area contributed by atoms with Gasteiger partial charge in [0.25, 0.3) is 0 Å². The van der Waals surface area contributed by atoms with Crippen LogP contribution >= 0.6 is 11.3 Å². The number of hydrogen-bond acceptors (Lipinski definition) is 4. The summed E-state index contributed by atoms with van der Waals surface area (Å²) in [6.07, 6.45) is 1.82. The van der Waals surface area contributed by atoms with Crippen LogP contribution < -0.4 is 10.6 Å². The maximum atomic E-state index is 11.5. The molecule has 5 nitrogen and oxygen atoms in total. The van der Waals surface area contributed by atoms with Crippen LogP contribution in [0, 0.1) is 12.8 Å². The maximum absolute atomic E-state index is 11.5. The Bertz CT molecular complexity index is 388. The molecule has 1 aliphatic heterocycles. The number of ether oxygens (including phenoxy) is 1. The summed E-state index contributed by atoms with van der Waals surface area (Å²) in [6, 6.07) is -0.103. The smallest absolute Gasteiger partial charge is 0.314 e. The number of urea groups is 1. The number of nitrogens with zero attached hydrogens (tertiary/aromatic N) is 1. The fourth-order valence-corrected chi connectivity index (χ4v) is 2.52. The van der Waals surface area contributed by atoms with Crippen LogP contribution in [0.5, 0.6) is 0 Å². The van der Waals surface area contributed by atoms with E-state index in [1.807, 2.05) is 12.3 Å². The molecule has 2 rings (SSSR count). The predicted molar refractivity (Wildman–Crippen MR) is 70.9 cm³/mol. The Labute approximate surface area is 111 Å². The van der Waals surface area contributed by atoms with Crippen LogP contribution in [0.25, 0.3) is 0 Å². The van der Waals surface area contributed by atoms with Gasteiger partial charge in [0.2, 0.25) is 0 Å². The summed E-state index contributed by atoms with van der Waals surface area (Å²) in [5, 5.41) is 8.80. The molecule has 2 amide bonds. The van der Waals surface area contributed by atoms with Gasteiger partial charge < -0.3 is 15.4 Å². The van der Waals surface area contributed by atoms with Gasteiger partial charge in [-0.15, -0.1) is 11.3 Å². The quantitative estimate of drug-likeness (QED) is 0.847. The lowest BCUT2D eigenvalue weighted by Crippen LogP contribution is -2.39. The fourth-order valence-electron chi connectivity index (χ4n) is 1.87. The molecule has 0 aliphatic carbocycles. The van der Waals surface area contributed by atoms with Crippen molar-refractivity contribution in [2.24, 2.45) is 5.92 Å². The van der Waals surface area contributed by atoms with E-state index in [0.29, 0.717) is 19.0 Å². The molecular formula is C12H19N3O2S. The SMILES string of the molecule is Cc1nc(CCNC(=O)NC[C@H]2CCOC2)cs1. The summed E-state index contributed by atoms with van der Waals surface area (Å²) in [5.74, 6) is 0.469. The average Bonchev–Trinajstić information content (AvgIpc) is 2.98. The minimum Gasteiger partial charge on any atom is -0.381 e. The number of carbonyl (C=O) groups is 1. The van der Waals surface area contributed by atoms with Crippen molar-refractivity contribution < 1.29 is 9.53 Å². The second kappa shape index (κ2) is 6.70. The van der Waals surface area contributed by atoms with Crippen molar-refractivity contribution in [1.29, 1.82) is 0 Å². The van der Waals surface area contributed by atoms with Crippen molar-refractivity contribution in [3.8, 4) is 0 Å². The standard InChI is InChI=1S/C12H19N3O2S/c1-9-15-11(8-18-9)2-4-13-12(16)14-6-10-3-5-17-7-10/h8,10H,2-7H2,1H3,(H2,13,14,16)/t10-/m1/s1. The molecule has 100 valence electrons. The molecule has 1 aliphatic rings. The first kappa shape index (κ1) is 13.3. The first-order chi connectivity index (χ1) is 8.74. The molecule has 6 heteroatoms. The summed E-state index contributed by atoms with van der Waals surface area (Å²) in [4.78, 5) is 15.9. The minimum absolute atomic E-state index is 0.103. The van der Waals surface area contributed by atoms with Crippen molar-refractivity contribution in [2.45, 2.75) is 19.8 Å². The maximum Gasteiger partial charge on any atom is 0.314 e. The van der Waals surface area contributed by atoms with Gasteiger partial charge in [-0.05, 0) is 13.3 Å². The number of aryl methyl sites for hydroxylation is 1. The molecule has 18 heavy (non-hydrogen) atoms. The van der Waals surface area contributed by atoms with E-state index in [1.54, 1.807) is 11.3 Å². The third-order valence-electron chi connectivity index (χ3n) is 2.91. The number of thiazole rings is 1. The van der Waals surface area contributed by atoms with E-state index in [0.717, 1.165) is 36.8 Å². The van der Waals surface area contributed by atoms with Gasteiger partial charge in [-0.1, -0.05) is 0 Å². The summed E-state index contributed by atoms with van der Waals surface area (Å²) in [5.41, 5.74) is 1.04. The minimum atomic E-state index is -0.103. The number of rotatable bonds is 5. The molecule has 0 radical (unpaired) electrons. The Hall–Kier alpha value is -1.14. The van der Waals surface area contributed by atoms with Crippen molar-refractivity contribution >= 4 is 17.4 Å². The van der Waals surface area contributed by atoms with Gasteiger partial charge >= 0.3 is 6.03 Å². The molecule has 0 spiro atoms. The highest BCUT2D eigenvalue weighted by Gasteiger charge is 2.15.